The quantitative estimate of drug-likeness (QED) is 0.611. The fraction of sp³-hybridized carbons (Fsp3) is 0.238. The van der Waals surface area contributed by atoms with Crippen LogP contribution in [0.25, 0.3) is 0 Å². The number of benzene rings is 1. The smallest absolute Gasteiger partial charge is 0.340 e. The largest absolute Gasteiger partial charge is 0.467 e. The molecule has 0 fully saturated rings. The highest BCUT2D eigenvalue weighted by molar-refractivity contribution is 6.31. The van der Waals surface area contributed by atoms with Gasteiger partial charge in [0.1, 0.15) is 5.76 Å². The number of furan rings is 1. The molecule has 0 aliphatic rings. The molecule has 0 aliphatic heterocycles. The van der Waals surface area contributed by atoms with E-state index < -0.39 is 11.9 Å². The van der Waals surface area contributed by atoms with Crippen molar-refractivity contribution in [1.82, 2.24) is 9.88 Å². The zero-order chi connectivity index (χ0) is 20.1. The number of nitrogens with one attached hydrogen (secondary N) is 1. The zero-order valence-corrected chi connectivity index (χ0v) is 16.5. The second kappa shape index (κ2) is 8.80. The van der Waals surface area contributed by atoms with Crippen LogP contribution in [0.3, 0.4) is 0 Å². The lowest BCUT2D eigenvalue weighted by Crippen LogP contribution is -2.28. The van der Waals surface area contributed by atoms with Gasteiger partial charge in [0.05, 0.1) is 18.4 Å². The second-order valence-corrected chi connectivity index (χ2v) is 6.80. The maximum atomic E-state index is 12.4. The number of ether oxygens (including phenoxy) is 1. The maximum absolute atomic E-state index is 12.4. The molecule has 0 radical (unpaired) electrons. The van der Waals surface area contributed by atoms with Crippen molar-refractivity contribution in [3.8, 4) is 0 Å². The number of carbonyl (C=O) groups is 2. The lowest BCUT2D eigenvalue weighted by molar-refractivity contribution is -0.124. The summed E-state index contributed by atoms with van der Waals surface area (Å²) in [6.45, 7) is 4.18. The Labute approximate surface area is 168 Å². The number of aryl methyl sites for hydroxylation is 1. The Kier molecular flexibility index (Phi) is 6.21. The number of hydrogen-bond acceptors (Lipinski definition) is 4. The van der Waals surface area contributed by atoms with Crippen LogP contribution >= 0.6 is 11.6 Å². The topological polar surface area (TPSA) is 73.5 Å². The Bertz CT molecular complexity index is 976. The molecule has 1 N–H and O–H groups in total. The molecule has 0 spiro atoms. The summed E-state index contributed by atoms with van der Waals surface area (Å²) in [5.74, 6) is -0.134. The van der Waals surface area contributed by atoms with Gasteiger partial charge in [0, 0.05) is 23.0 Å². The number of esters is 1. The summed E-state index contributed by atoms with van der Waals surface area (Å²) in [5.41, 5.74) is 2.90. The summed E-state index contributed by atoms with van der Waals surface area (Å²) in [5, 5.41) is 3.26. The number of hydrogen-bond donors (Lipinski definition) is 1. The summed E-state index contributed by atoms with van der Waals surface area (Å²) < 4.78 is 12.5. The van der Waals surface area contributed by atoms with E-state index in [1.807, 2.05) is 48.7 Å². The molecule has 0 bridgehead atoms. The Hall–Kier alpha value is -2.99. The molecule has 0 aliphatic carbocycles. The van der Waals surface area contributed by atoms with E-state index in [-0.39, 0.29) is 13.2 Å². The van der Waals surface area contributed by atoms with Crippen LogP contribution in [-0.2, 0) is 22.6 Å². The molecule has 1 amide bonds. The molecule has 3 aromatic rings. The summed E-state index contributed by atoms with van der Waals surface area (Å²) in [4.78, 5) is 24.4. The fourth-order valence-corrected chi connectivity index (χ4v) is 3.11. The molecule has 6 nitrogen and oxygen atoms in total. The highest BCUT2D eigenvalue weighted by Crippen LogP contribution is 2.18. The number of carbonyl (C=O) groups excluding carboxylic acids is 2. The first-order valence-corrected chi connectivity index (χ1v) is 9.20. The summed E-state index contributed by atoms with van der Waals surface area (Å²) in [6, 6.07) is 12.7. The van der Waals surface area contributed by atoms with Gasteiger partial charge in [-0.25, -0.2) is 4.79 Å². The van der Waals surface area contributed by atoms with Gasteiger partial charge in [-0.15, -0.1) is 0 Å². The van der Waals surface area contributed by atoms with Crippen molar-refractivity contribution >= 4 is 23.5 Å². The Balaban J connectivity index is 1.56. The third-order valence-corrected chi connectivity index (χ3v) is 4.82. The van der Waals surface area contributed by atoms with Crippen LogP contribution in [0.2, 0.25) is 5.02 Å². The predicted molar refractivity (Wildman–Crippen MR) is 105 cm³/mol. The molecule has 0 unspecified atom stereocenters. The first-order chi connectivity index (χ1) is 13.5. The van der Waals surface area contributed by atoms with Crippen LogP contribution in [0.5, 0.6) is 0 Å². The van der Waals surface area contributed by atoms with Gasteiger partial charge in [0.25, 0.3) is 5.91 Å². The summed E-state index contributed by atoms with van der Waals surface area (Å²) in [6.07, 6.45) is 1.61. The van der Waals surface area contributed by atoms with Gasteiger partial charge in [-0.3, -0.25) is 4.79 Å². The molecule has 3 rings (SSSR count). The van der Waals surface area contributed by atoms with Crippen LogP contribution in [0.4, 0.5) is 0 Å². The molecule has 2 heterocycles. The van der Waals surface area contributed by atoms with Gasteiger partial charge in [0.15, 0.2) is 6.61 Å². The third kappa shape index (κ3) is 4.64. The van der Waals surface area contributed by atoms with E-state index in [1.165, 1.54) is 0 Å². The summed E-state index contributed by atoms with van der Waals surface area (Å²) in [7, 11) is 0. The van der Waals surface area contributed by atoms with E-state index >= 15 is 0 Å². The minimum absolute atomic E-state index is 0.272. The number of halogens is 1. The van der Waals surface area contributed by atoms with Gasteiger partial charge < -0.3 is 19.0 Å². The number of nitrogens with zero attached hydrogens (tertiary/aromatic N) is 1. The molecule has 0 saturated heterocycles. The van der Waals surface area contributed by atoms with E-state index in [9.17, 15) is 9.59 Å². The standard InChI is InChI=1S/C21H21ClN2O4/c1-14-10-18(15(2)24(14)12-17-7-5-9-27-17)21(26)28-13-20(25)23-11-16-6-3-4-8-19(16)22/h3-10H,11-13H2,1-2H3,(H,23,25). The van der Waals surface area contributed by atoms with Crippen LogP contribution in [-0.4, -0.2) is 23.1 Å². The lowest BCUT2D eigenvalue weighted by atomic mass is 10.2. The van der Waals surface area contributed by atoms with E-state index in [0.29, 0.717) is 17.1 Å². The van der Waals surface area contributed by atoms with Gasteiger partial charge >= 0.3 is 5.97 Å². The van der Waals surface area contributed by atoms with Crippen molar-refractivity contribution in [2.45, 2.75) is 26.9 Å². The van der Waals surface area contributed by atoms with Crippen LogP contribution in [0, 0.1) is 13.8 Å². The Morgan fingerprint density at radius 1 is 1.18 bits per heavy atom. The molecule has 0 saturated carbocycles. The number of rotatable bonds is 7. The van der Waals surface area contributed by atoms with Crippen molar-refractivity contribution in [2.24, 2.45) is 0 Å². The van der Waals surface area contributed by atoms with Crippen molar-refractivity contribution in [1.29, 1.82) is 0 Å². The molecular formula is C21H21ClN2O4. The van der Waals surface area contributed by atoms with Crippen molar-refractivity contribution < 1.29 is 18.7 Å². The minimum Gasteiger partial charge on any atom is -0.467 e. The van der Waals surface area contributed by atoms with Gasteiger partial charge in [0.2, 0.25) is 0 Å². The maximum Gasteiger partial charge on any atom is 0.340 e. The average Bonchev–Trinajstić information content (AvgIpc) is 3.29. The molecule has 2 aromatic heterocycles. The van der Waals surface area contributed by atoms with E-state index in [1.54, 1.807) is 18.4 Å². The molecule has 0 atom stereocenters. The van der Waals surface area contributed by atoms with E-state index in [2.05, 4.69) is 5.32 Å². The first-order valence-electron chi connectivity index (χ1n) is 8.82. The Morgan fingerprint density at radius 3 is 2.68 bits per heavy atom. The Morgan fingerprint density at radius 2 is 1.96 bits per heavy atom. The first kappa shape index (κ1) is 19.8. The predicted octanol–water partition coefficient (Wildman–Crippen LogP) is 3.87. The third-order valence-electron chi connectivity index (χ3n) is 4.46. The van der Waals surface area contributed by atoms with Crippen LogP contribution < -0.4 is 5.32 Å². The average molecular weight is 401 g/mol. The number of amides is 1. The normalized spacial score (nSPS) is 10.7. The second-order valence-electron chi connectivity index (χ2n) is 6.39. The highest BCUT2D eigenvalue weighted by Gasteiger charge is 2.18. The highest BCUT2D eigenvalue weighted by atomic mass is 35.5. The molecule has 146 valence electrons. The molecular weight excluding hydrogens is 380 g/mol. The molecule has 1 aromatic carbocycles. The van der Waals surface area contributed by atoms with Crippen molar-refractivity contribution in [3.05, 3.63) is 82.0 Å². The minimum atomic E-state index is -0.535. The van der Waals surface area contributed by atoms with E-state index in [4.69, 9.17) is 20.8 Å². The fourth-order valence-electron chi connectivity index (χ4n) is 2.90. The van der Waals surface area contributed by atoms with E-state index in [0.717, 1.165) is 22.7 Å². The number of aromatic nitrogens is 1. The summed E-state index contributed by atoms with van der Waals surface area (Å²) >= 11 is 6.05. The van der Waals surface area contributed by atoms with Gasteiger partial charge in [-0.1, -0.05) is 29.8 Å². The van der Waals surface area contributed by atoms with Crippen LogP contribution in [0.1, 0.15) is 33.1 Å². The molecule has 7 heteroatoms. The van der Waals surface area contributed by atoms with Crippen molar-refractivity contribution in [2.75, 3.05) is 6.61 Å². The monoisotopic (exact) mass is 400 g/mol. The lowest BCUT2D eigenvalue weighted by Gasteiger charge is -2.09. The van der Waals surface area contributed by atoms with Gasteiger partial charge in [-0.2, -0.15) is 0 Å². The van der Waals surface area contributed by atoms with Crippen LogP contribution in [0.15, 0.2) is 53.1 Å². The van der Waals surface area contributed by atoms with Crippen molar-refractivity contribution in [3.63, 3.8) is 0 Å². The SMILES string of the molecule is Cc1cc(C(=O)OCC(=O)NCc2ccccc2Cl)c(C)n1Cc1ccco1. The zero-order valence-electron chi connectivity index (χ0n) is 15.7. The molecule has 28 heavy (non-hydrogen) atoms. The van der Waals surface area contributed by atoms with Gasteiger partial charge in [-0.05, 0) is 43.7 Å².